The van der Waals surface area contributed by atoms with Crippen LogP contribution in [0.4, 0.5) is 11.4 Å². The van der Waals surface area contributed by atoms with Crippen LogP contribution in [-0.2, 0) is 26.0 Å². The van der Waals surface area contributed by atoms with Crippen molar-refractivity contribution in [1.82, 2.24) is 0 Å². The topological polar surface area (TPSA) is 137 Å². The molecule has 0 heterocycles. The zero-order chi connectivity index (χ0) is 24.7. The lowest BCUT2D eigenvalue weighted by Gasteiger charge is -2.11. The van der Waals surface area contributed by atoms with Crippen LogP contribution in [0.25, 0.3) is 0 Å². The highest BCUT2D eigenvalue weighted by atomic mass is 35.5. The second-order valence-corrected chi connectivity index (χ2v) is 9.19. The van der Waals surface area contributed by atoms with E-state index >= 15 is 0 Å². The summed E-state index contributed by atoms with van der Waals surface area (Å²) in [6, 6.07) is 16.8. The van der Waals surface area contributed by atoms with Gasteiger partial charge >= 0.3 is 0 Å². The Hall–Kier alpha value is -3.76. The minimum Gasteiger partial charge on any atom is -0.495 e. The van der Waals surface area contributed by atoms with Gasteiger partial charge in [-0.25, -0.2) is 8.42 Å². The third-order valence-corrected chi connectivity index (χ3v) is 6.22. The molecular formula is C23H22ClN3O6S. The fraction of sp³-hybridized carbons (Fsp3) is 0.130. The Morgan fingerprint density at radius 1 is 0.971 bits per heavy atom. The van der Waals surface area contributed by atoms with Crippen LogP contribution in [0.5, 0.6) is 11.5 Å². The number of halogens is 1. The number of hydrogen-bond acceptors (Lipinski definition) is 6. The van der Waals surface area contributed by atoms with E-state index in [2.05, 4.69) is 10.0 Å². The van der Waals surface area contributed by atoms with Gasteiger partial charge in [-0.2, -0.15) is 0 Å². The molecule has 0 atom stereocenters. The molecule has 0 saturated carbocycles. The molecule has 0 fully saturated rings. The van der Waals surface area contributed by atoms with Crippen molar-refractivity contribution in [3.8, 4) is 11.5 Å². The molecule has 0 saturated heterocycles. The number of benzene rings is 3. The Morgan fingerprint density at radius 2 is 1.62 bits per heavy atom. The number of nitrogens with one attached hydrogen (secondary N) is 2. The molecule has 2 amide bonds. The van der Waals surface area contributed by atoms with Crippen LogP contribution in [0.15, 0.2) is 71.6 Å². The first-order valence-electron chi connectivity index (χ1n) is 9.92. The van der Waals surface area contributed by atoms with Crippen molar-refractivity contribution in [2.75, 3.05) is 23.8 Å². The second-order valence-electron chi connectivity index (χ2n) is 7.10. The van der Waals surface area contributed by atoms with Crippen LogP contribution in [0.1, 0.15) is 5.56 Å². The van der Waals surface area contributed by atoms with Gasteiger partial charge in [0.1, 0.15) is 11.5 Å². The summed E-state index contributed by atoms with van der Waals surface area (Å²) in [6.45, 7) is -0.280. The Balaban J connectivity index is 1.55. The molecule has 9 nitrogen and oxygen atoms in total. The highest BCUT2D eigenvalue weighted by molar-refractivity contribution is 7.92. The maximum absolute atomic E-state index is 12.6. The summed E-state index contributed by atoms with van der Waals surface area (Å²) in [5.74, 6) is -0.101. The maximum Gasteiger partial charge on any atom is 0.262 e. The molecule has 0 radical (unpaired) electrons. The molecular weight excluding hydrogens is 482 g/mol. The lowest BCUT2D eigenvalue weighted by Crippen LogP contribution is -2.20. The van der Waals surface area contributed by atoms with Crippen molar-refractivity contribution in [2.45, 2.75) is 11.3 Å². The molecule has 3 rings (SSSR count). The maximum atomic E-state index is 12.6. The van der Waals surface area contributed by atoms with E-state index in [1.54, 1.807) is 30.3 Å². The minimum atomic E-state index is -3.86. The van der Waals surface area contributed by atoms with Crippen LogP contribution in [0, 0.1) is 0 Å². The Kier molecular flexibility index (Phi) is 7.98. The average Bonchev–Trinajstić information content (AvgIpc) is 2.79. The van der Waals surface area contributed by atoms with E-state index in [9.17, 15) is 18.0 Å². The summed E-state index contributed by atoms with van der Waals surface area (Å²) in [4.78, 5) is 23.1. The Bertz CT molecular complexity index is 1280. The number of sulfonamides is 1. The molecule has 0 bridgehead atoms. The fourth-order valence-corrected chi connectivity index (χ4v) is 4.22. The molecule has 0 unspecified atom stereocenters. The first-order chi connectivity index (χ1) is 16.2. The number of methoxy groups -OCH3 is 1. The molecule has 3 aromatic rings. The lowest BCUT2D eigenvalue weighted by atomic mass is 10.1. The zero-order valence-electron chi connectivity index (χ0n) is 18.1. The molecule has 178 valence electrons. The largest absolute Gasteiger partial charge is 0.495 e. The second kappa shape index (κ2) is 10.9. The number of amides is 2. The van der Waals surface area contributed by atoms with Crippen LogP contribution in [0.3, 0.4) is 0 Å². The van der Waals surface area contributed by atoms with E-state index in [1.807, 2.05) is 0 Å². The molecule has 11 heteroatoms. The van der Waals surface area contributed by atoms with Crippen molar-refractivity contribution in [2.24, 2.45) is 5.73 Å². The van der Waals surface area contributed by atoms with E-state index in [-0.39, 0.29) is 28.6 Å². The summed E-state index contributed by atoms with van der Waals surface area (Å²) in [5, 5.41) is 2.93. The van der Waals surface area contributed by atoms with Gasteiger partial charge < -0.3 is 20.5 Å². The van der Waals surface area contributed by atoms with Gasteiger partial charge in [0.25, 0.3) is 15.9 Å². The van der Waals surface area contributed by atoms with E-state index < -0.39 is 21.8 Å². The Labute approximate surface area is 201 Å². The molecule has 0 spiro atoms. The Morgan fingerprint density at radius 3 is 2.21 bits per heavy atom. The minimum absolute atomic E-state index is 0.00675. The van der Waals surface area contributed by atoms with Gasteiger partial charge in [0.05, 0.1) is 29.1 Å². The summed E-state index contributed by atoms with van der Waals surface area (Å²) in [7, 11) is -2.40. The number of primary amides is 1. The van der Waals surface area contributed by atoms with Crippen molar-refractivity contribution in [3.63, 3.8) is 0 Å². The molecule has 4 N–H and O–H groups in total. The smallest absolute Gasteiger partial charge is 0.262 e. The van der Waals surface area contributed by atoms with E-state index in [0.717, 1.165) is 5.56 Å². The molecule has 0 aliphatic carbocycles. The van der Waals surface area contributed by atoms with Gasteiger partial charge in [-0.1, -0.05) is 23.7 Å². The average molecular weight is 504 g/mol. The van der Waals surface area contributed by atoms with Gasteiger partial charge in [0.2, 0.25) is 5.91 Å². The number of rotatable bonds is 10. The predicted molar refractivity (Wildman–Crippen MR) is 129 cm³/mol. The SMILES string of the molecule is COc1ccc(NS(=O)(=O)c2ccc(OCC(=O)Nc3ccc(CC(N)=O)cc3)cc2)cc1Cl. The van der Waals surface area contributed by atoms with Crippen LogP contribution >= 0.6 is 11.6 Å². The van der Waals surface area contributed by atoms with Crippen molar-refractivity contribution in [1.29, 1.82) is 0 Å². The van der Waals surface area contributed by atoms with E-state index in [0.29, 0.717) is 17.2 Å². The highest BCUT2D eigenvalue weighted by Crippen LogP contribution is 2.28. The molecule has 3 aromatic carbocycles. The van der Waals surface area contributed by atoms with Gasteiger partial charge in [0.15, 0.2) is 6.61 Å². The predicted octanol–water partition coefficient (Wildman–Crippen LogP) is 3.19. The van der Waals surface area contributed by atoms with Crippen molar-refractivity contribution >= 4 is 44.8 Å². The summed E-state index contributed by atoms with van der Waals surface area (Å²) in [5.41, 5.74) is 6.71. The van der Waals surface area contributed by atoms with Gasteiger partial charge in [-0.15, -0.1) is 0 Å². The molecule has 34 heavy (non-hydrogen) atoms. The van der Waals surface area contributed by atoms with Gasteiger partial charge in [0, 0.05) is 5.69 Å². The number of anilines is 2. The third-order valence-electron chi connectivity index (χ3n) is 4.52. The fourth-order valence-electron chi connectivity index (χ4n) is 2.91. The third kappa shape index (κ3) is 6.87. The van der Waals surface area contributed by atoms with Gasteiger partial charge in [-0.3, -0.25) is 14.3 Å². The molecule has 0 aromatic heterocycles. The molecule has 0 aliphatic heterocycles. The van der Waals surface area contributed by atoms with Crippen LogP contribution in [-0.4, -0.2) is 33.9 Å². The number of nitrogens with two attached hydrogens (primary N) is 1. The van der Waals surface area contributed by atoms with Crippen LogP contribution in [0.2, 0.25) is 5.02 Å². The number of carbonyl (C=O) groups is 2. The number of carbonyl (C=O) groups excluding carboxylic acids is 2. The lowest BCUT2D eigenvalue weighted by molar-refractivity contribution is -0.118. The van der Waals surface area contributed by atoms with Crippen molar-refractivity contribution < 1.29 is 27.5 Å². The first kappa shape index (κ1) is 24.9. The number of ether oxygens (including phenoxy) is 2. The van der Waals surface area contributed by atoms with Gasteiger partial charge in [-0.05, 0) is 60.2 Å². The summed E-state index contributed by atoms with van der Waals surface area (Å²) >= 11 is 6.04. The summed E-state index contributed by atoms with van der Waals surface area (Å²) in [6.07, 6.45) is 0.117. The van der Waals surface area contributed by atoms with E-state index in [1.165, 1.54) is 43.5 Å². The normalized spacial score (nSPS) is 10.9. The zero-order valence-corrected chi connectivity index (χ0v) is 19.7. The van der Waals surface area contributed by atoms with Crippen molar-refractivity contribution in [3.05, 3.63) is 77.3 Å². The summed E-state index contributed by atoms with van der Waals surface area (Å²) < 4.78 is 38.1. The van der Waals surface area contributed by atoms with Crippen LogP contribution < -0.4 is 25.2 Å². The molecule has 0 aliphatic rings. The van der Waals surface area contributed by atoms with E-state index in [4.69, 9.17) is 26.8 Å². The number of hydrogen-bond donors (Lipinski definition) is 3. The first-order valence-corrected chi connectivity index (χ1v) is 11.8. The standard InChI is InChI=1S/C23H22ClN3O6S/c1-32-21-11-6-17(13-20(21)24)27-34(30,31)19-9-7-18(8-10-19)33-14-23(29)26-16-4-2-15(3-5-16)12-22(25)28/h2-11,13,27H,12,14H2,1H3,(H2,25,28)(H,26,29). The highest BCUT2D eigenvalue weighted by Gasteiger charge is 2.15. The monoisotopic (exact) mass is 503 g/mol. The quantitative estimate of drug-likeness (QED) is 0.388.